The maximum atomic E-state index is 12.7. The summed E-state index contributed by atoms with van der Waals surface area (Å²) in [4.78, 5) is 44.2. The first-order valence-electron chi connectivity index (χ1n) is 10.1. The fourth-order valence-electron chi connectivity index (χ4n) is 3.17. The summed E-state index contributed by atoms with van der Waals surface area (Å²) < 4.78 is 6.71. The molecule has 32 heavy (non-hydrogen) atoms. The lowest BCUT2D eigenvalue weighted by Crippen LogP contribution is -2.24. The summed E-state index contributed by atoms with van der Waals surface area (Å²) >= 11 is 0. The third-order valence-electron chi connectivity index (χ3n) is 4.83. The van der Waals surface area contributed by atoms with Crippen LogP contribution in [0.2, 0.25) is 0 Å². The first kappa shape index (κ1) is 22.7. The maximum Gasteiger partial charge on any atom is 0.340 e. The van der Waals surface area contributed by atoms with Gasteiger partial charge in [-0.05, 0) is 64.4 Å². The zero-order chi connectivity index (χ0) is 23.4. The molecule has 0 saturated carbocycles. The van der Waals surface area contributed by atoms with Crippen molar-refractivity contribution in [3.8, 4) is 0 Å². The second-order valence-electron chi connectivity index (χ2n) is 7.65. The molecule has 2 aromatic heterocycles. The molecular weight excluding hydrogens is 412 g/mol. The van der Waals surface area contributed by atoms with Gasteiger partial charge in [0.1, 0.15) is 24.4 Å². The molecule has 2 amide bonds. The quantitative estimate of drug-likeness (QED) is 0.485. The van der Waals surface area contributed by atoms with Gasteiger partial charge in [0.2, 0.25) is 5.91 Å². The van der Waals surface area contributed by atoms with Crippen LogP contribution in [0.25, 0.3) is 0 Å². The van der Waals surface area contributed by atoms with E-state index in [1.54, 1.807) is 58.9 Å². The van der Waals surface area contributed by atoms with E-state index in [1.807, 2.05) is 0 Å². The van der Waals surface area contributed by atoms with Crippen molar-refractivity contribution in [2.45, 2.75) is 46.8 Å². The van der Waals surface area contributed by atoms with Crippen LogP contribution in [0.3, 0.4) is 0 Å². The van der Waals surface area contributed by atoms with E-state index in [-0.39, 0.29) is 23.6 Å². The predicted molar refractivity (Wildman–Crippen MR) is 119 cm³/mol. The highest BCUT2D eigenvalue weighted by atomic mass is 16.5. The number of rotatable bonds is 7. The molecule has 0 bridgehead atoms. The summed E-state index contributed by atoms with van der Waals surface area (Å²) in [5.41, 5.74) is 2.86. The van der Waals surface area contributed by atoms with Crippen LogP contribution in [0.4, 0.5) is 11.4 Å². The number of hydrogen-bond donors (Lipinski definition) is 3. The van der Waals surface area contributed by atoms with Crippen LogP contribution in [0, 0.1) is 13.8 Å². The smallest absolute Gasteiger partial charge is 0.340 e. The lowest BCUT2D eigenvalue weighted by Gasteiger charge is -2.12. The van der Waals surface area contributed by atoms with Gasteiger partial charge in [-0.3, -0.25) is 9.59 Å². The van der Waals surface area contributed by atoms with Crippen molar-refractivity contribution in [2.75, 3.05) is 10.6 Å². The van der Waals surface area contributed by atoms with Crippen LogP contribution < -0.4 is 10.6 Å². The lowest BCUT2D eigenvalue weighted by atomic mass is 10.1. The fourth-order valence-corrected chi connectivity index (χ4v) is 3.17. The normalized spacial score (nSPS) is 11.8. The number of aromatic nitrogens is 4. The molecule has 0 aliphatic heterocycles. The summed E-state index contributed by atoms with van der Waals surface area (Å²) in [7, 11) is 0. The largest absolute Gasteiger partial charge is 0.459 e. The molecule has 1 unspecified atom stereocenters. The third-order valence-corrected chi connectivity index (χ3v) is 4.83. The minimum atomic E-state index is -0.521. The number of nitrogens with one attached hydrogen (secondary N) is 3. The average molecular weight is 438 g/mol. The Kier molecular flexibility index (Phi) is 6.72. The van der Waals surface area contributed by atoms with Crippen molar-refractivity contribution in [1.82, 2.24) is 19.7 Å². The Morgan fingerprint density at radius 3 is 2.22 bits per heavy atom. The van der Waals surface area contributed by atoms with Gasteiger partial charge >= 0.3 is 5.97 Å². The highest BCUT2D eigenvalue weighted by Gasteiger charge is 2.23. The van der Waals surface area contributed by atoms with Crippen molar-refractivity contribution in [3.05, 3.63) is 59.4 Å². The molecule has 2 heterocycles. The summed E-state index contributed by atoms with van der Waals surface area (Å²) in [5, 5.41) is 9.54. The van der Waals surface area contributed by atoms with E-state index in [9.17, 15) is 14.4 Å². The highest BCUT2D eigenvalue weighted by molar-refractivity contribution is 6.07. The topological polar surface area (TPSA) is 131 Å². The summed E-state index contributed by atoms with van der Waals surface area (Å²) in [5.74, 6) is -1.10. The van der Waals surface area contributed by atoms with E-state index in [2.05, 4.69) is 25.7 Å². The van der Waals surface area contributed by atoms with Crippen molar-refractivity contribution in [1.29, 1.82) is 0 Å². The zero-order valence-corrected chi connectivity index (χ0v) is 18.6. The molecule has 168 valence electrons. The molecule has 3 aromatic rings. The summed E-state index contributed by atoms with van der Waals surface area (Å²) in [6.07, 6.45) is 2.58. The number of benzene rings is 1. The van der Waals surface area contributed by atoms with Gasteiger partial charge < -0.3 is 20.4 Å². The number of esters is 1. The van der Waals surface area contributed by atoms with Crippen molar-refractivity contribution < 1.29 is 19.1 Å². The van der Waals surface area contributed by atoms with Gasteiger partial charge in [-0.25, -0.2) is 14.5 Å². The number of carbonyl (C=O) groups excluding carboxylic acids is 3. The molecule has 0 spiro atoms. The predicted octanol–water partition coefficient (Wildman–Crippen LogP) is 3.24. The number of aryl methyl sites for hydroxylation is 1. The Labute approximate surface area is 185 Å². The molecule has 0 radical (unpaired) electrons. The number of amides is 2. The van der Waals surface area contributed by atoms with E-state index >= 15 is 0 Å². The number of H-pyrrole nitrogens is 1. The van der Waals surface area contributed by atoms with Gasteiger partial charge in [-0.1, -0.05) is 0 Å². The van der Waals surface area contributed by atoms with Gasteiger partial charge in [0.15, 0.2) is 0 Å². The summed E-state index contributed by atoms with van der Waals surface area (Å²) in [6, 6.07) is 6.19. The summed E-state index contributed by atoms with van der Waals surface area (Å²) in [6.45, 7) is 8.67. The van der Waals surface area contributed by atoms with Gasteiger partial charge in [0.25, 0.3) is 5.91 Å². The Morgan fingerprint density at radius 2 is 1.66 bits per heavy atom. The minimum Gasteiger partial charge on any atom is -0.459 e. The lowest BCUT2D eigenvalue weighted by molar-refractivity contribution is -0.119. The molecular formula is C22H26N6O4. The van der Waals surface area contributed by atoms with Gasteiger partial charge in [-0.15, -0.1) is 0 Å². The second kappa shape index (κ2) is 9.46. The van der Waals surface area contributed by atoms with E-state index < -0.39 is 12.0 Å². The molecule has 10 nitrogen and oxygen atoms in total. The van der Waals surface area contributed by atoms with Crippen molar-refractivity contribution >= 4 is 29.2 Å². The van der Waals surface area contributed by atoms with E-state index in [4.69, 9.17) is 4.74 Å². The second-order valence-corrected chi connectivity index (χ2v) is 7.65. The van der Waals surface area contributed by atoms with Crippen LogP contribution in [-0.2, 0) is 9.53 Å². The van der Waals surface area contributed by atoms with Crippen LogP contribution in [-0.4, -0.2) is 43.6 Å². The number of ether oxygens (including phenoxy) is 1. The molecule has 0 saturated heterocycles. The Hall–Kier alpha value is -3.95. The zero-order valence-electron chi connectivity index (χ0n) is 18.6. The maximum absolute atomic E-state index is 12.7. The molecule has 0 aliphatic carbocycles. The highest BCUT2D eigenvalue weighted by Crippen LogP contribution is 2.22. The van der Waals surface area contributed by atoms with Crippen LogP contribution in [0.15, 0.2) is 36.9 Å². The average Bonchev–Trinajstić information content (AvgIpc) is 3.36. The molecule has 10 heteroatoms. The first-order chi connectivity index (χ1) is 15.2. The number of hydrogen-bond acceptors (Lipinski definition) is 6. The molecule has 3 N–H and O–H groups in total. The molecule has 1 atom stereocenters. The van der Waals surface area contributed by atoms with Gasteiger partial charge in [0, 0.05) is 17.1 Å². The van der Waals surface area contributed by atoms with Crippen LogP contribution >= 0.6 is 0 Å². The molecule has 3 rings (SSSR count). The van der Waals surface area contributed by atoms with Gasteiger partial charge in [0.05, 0.1) is 11.7 Å². The molecule has 1 aromatic carbocycles. The SMILES string of the molecule is Cc1[nH]c(C(=O)Nc2ccc(NC(=O)C(C)n3cncn3)cc2)c(C)c1C(=O)OC(C)C. The van der Waals surface area contributed by atoms with Crippen LogP contribution in [0.5, 0.6) is 0 Å². The minimum absolute atomic E-state index is 0.245. The number of anilines is 2. The standard InChI is InChI=1S/C22H26N6O4/c1-12(2)32-22(31)18-13(3)19(25-14(18)4)21(30)27-17-8-6-16(7-9-17)26-20(29)15(5)28-11-23-10-24-28/h6-12,15,25H,1-5H3,(H,26,29)(H,27,30). The molecule has 0 aliphatic rings. The Morgan fingerprint density at radius 1 is 1.03 bits per heavy atom. The van der Waals surface area contributed by atoms with E-state index in [0.29, 0.717) is 28.2 Å². The Bertz CT molecular complexity index is 1120. The number of carbonyl (C=O) groups is 3. The number of aromatic amines is 1. The molecule has 0 fully saturated rings. The van der Waals surface area contributed by atoms with Crippen LogP contribution in [0.1, 0.15) is 58.9 Å². The van der Waals surface area contributed by atoms with Crippen molar-refractivity contribution in [2.24, 2.45) is 0 Å². The third kappa shape index (κ3) is 5.02. The monoisotopic (exact) mass is 438 g/mol. The fraction of sp³-hybridized carbons (Fsp3) is 0.318. The van der Waals surface area contributed by atoms with Crippen molar-refractivity contribution in [3.63, 3.8) is 0 Å². The van der Waals surface area contributed by atoms with Gasteiger partial charge in [-0.2, -0.15) is 5.10 Å². The van der Waals surface area contributed by atoms with E-state index in [0.717, 1.165) is 0 Å². The Balaban J connectivity index is 1.66. The first-order valence-corrected chi connectivity index (χ1v) is 10.1. The van der Waals surface area contributed by atoms with E-state index in [1.165, 1.54) is 17.3 Å². The number of nitrogens with zero attached hydrogens (tertiary/aromatic N) is 3.